The van der Waals surface area contributed by atoms with Gasteiger partial charge in [0, 0.05) is 10.8 Å². The second kappa shape index (κ2) is 5.26. The summed E-state index contributed by atoms with van der Waals surface area (Å²) < 4.78 is 5.55. The van der Waals surface area contributed by atoms with Gasteiger partial charge in [-0.1, -0.05) is 18.2 Å². The highest BCUT2D eigenvalue weighted by atomic mass is 32.1. The van der Waals surface area contributed by atoms with Gasteiger partial charge in [0.05, 0.1) is 22.9 Å². The summed E-state index contributed by atoms with van der Waals surface area (Å²) in [5.41, 5.74) is 3.23. The number of thiazole rings is 1. The molecule has 0 amide bonds. The average molecular weight is 286 g/mol. The van der Waals surface area contributed by atoms with Crippen LogP contribution in [0.5, 0.6) is 5.75 Å². The van der Waals surface area contributed by atoms with Crippen LogP contribution in [-0.2, 0) is 6.61 Å². The number of para-hydroxylation sites is 1. The largest absolute Gasteiger partial charge is 0.485 e. The topological polar surface area (TPSA) is 72.3 Å². The molecule has 0 bridgehead atoms. The van der Waals surface area contributed by atoms with Gasteiger partial charge in [-0.05, 0) is 6.07 Å². The van der Waals surface area contributed by atoms with Crippen LogP contribution < -0.4 is 4.74 Å². The van der Waals surface area contributed by atoms with Crippen molar-refractivity contribution in [1.82, 2.24) is 9.97 Å². The van der Waals surface area contributed by atoms with E-state index in [-0.39, 0.29) is 17.9 Å². The van der Waals surface area contributed by atoms with E-state index in [0.29, 0.717) is 10.9 Å². The van der Waals surface area contributed by atoms with Crippen molar-refractivity contribution in [3.8, 4) is 5.75 Å². The lowest BCUT2D eigenvalue weighted by atomic mass is 10.1. The molecule has 0 aliphatic heterocycles. The molecular formula is C14H10N2O3S. The van der Waals surface area contributed by atoms with E-state index in [1.54, 1.807) is 23.7 Å². The van der Waals surface area contributed by atoms with Crippen LogP contribution in [0.2, 0.25) is 0 Å². The molecule has 3 rings (SSSR count). The fraction of sp³-hybridized carbons (Fsp3) is 0.0714. The summed E-state index contributed by atoms with van der Waals surface area (Å²) in [6, 6.07) is 7.09. The molecule has 0 radical (unpaired) electrons. The molecule has 0 fully saturated rings. The smallest absolute Gasteiger partial charge is 0.340 e. The molecule has 6 heteroatoms. The Labute approximate surface area is 118 Å². The average Bonchev–Trinajstić information content (AvgIpc) is 2.97. The summed E-state index contributed by atoms with van der Waals surface area (Å²) in [5, 5.41) is 11.8. The van der Waals surface area contributed by atoms with Crippen LogP contribution >= 0.6 is 11.3 Å². The number of carboxylic acids is 1. The molecule has 3 aromatic rings. The van der Waals surface area contributed by atoms with E-state index in [9.17, 15) is 9.90 Å². The third-order valence-electron chi connectivity index (χ3n) is 2.81. The molecule has 1 aromatic carbocycles. The van der Waals surface area contributed by atoms with Crippen molar-refractivity contribution in [1.29, 1.82) is 0 Å². The zero-order valence-corrected chi connectivity index (χ0v) is 11.1. The van der Waals surface area contributed by atoms with Crippen molar-refractivity contribution < 1.29 is 14.6 Å². The number of aromatic nitrogens is 2. The lowest BCUT2D eigenvalue weighted by Crippen LogP contribution is -2.05. The first-order valence-electron chi connectivity index (χ1n) is 5.86. The van der Waals surface area contributed by atoms with Gasteiger partial charge in [0.2, 0.25) is 0 Å². The Morgan fingerprint density at radius 2 is 2.15 bits per heavy atom. The number of carboxylic acid groups (broad SMARTS) is 1. The fourth-order valence-corrected chi connectivity index (χ4v) is 2.46. The quantitative estimate of drug-likeness (QED) is 0.798. The van der Waals surface area contributed by atoms with Crippen molar-refractivity contribution in [2.75, 3.05) is 0 Å². The molecular weight excluding hydrogens is 276 g/mol. The van der Waals surface area contributed by atoms with Crippen molar-refractivity contribution in [3.63, 3.8) is 0 Å². The van der Waals surface area contributed by atoms with Gasteiger partial charge in [-0.25, -0.2) is 9.78 Å². The van der Waals surface area contributed by atoms with Gasteiger partial charge in [0.15, 0.2) is 5.75 Å². The zero-order valence-electron chi connectivity index (χ0n) is 10.3. The molecule has 0 aliphatic rings. The van der Waals surface area contributed by atoms with E-state index in [4.69, 9.17) is 4.74 Å². The first-order chi connectivity index (χ1) is 9.75. The maximum absolute atomic E-state index is 11.5. The van der Waals surface area contributed by atoms with E-state index < -0.39 is 5.97 Å². The molecule has 100 valence electrons. The predicted molar refractivity (Wildman–Crippen MR) is 75.1 cm³/mol. The molecule has 2 aromatic heterocycles. The highest BCUT2D eigenvalue weighted by molar-refractivity contribution is 7.07. The Morgan fingerprint density at radius 1 is 1.30 bits per heavy atom. The molecule has 0 spiro atoms. The number of hydrogen-bond acceptors (Lipinski definition) is 5. The van der Waals surface area contributed by atoms with E-state index in [1.165, 1.54) is 17.5 Å². The van der Waals surface area contributed by atoms with Crippen LogP contribution in [0, 0.1) is 0 Å². The maximum Gasteiger partial charge on any atom is 0.340 e. The summed E-state index contributed by atoms with van der Waals surface area (Å²) in [6.07, 6.45) is 1.44. The van der Waals surface area contributed by atoms with Gasteiger partial charge in [-0.15, -0.1) is 11.3 Å². The molecule has 2 heterocycles. The van der Waals surface area contributed by atoms with Gasteiger partial charge in [0.25, 0.3) is 0 Å². The zero-order chi connectivity index (χ0) is 13.9. The molecule has 20 heavy (non-hydrogen) atoms. The Bertz CT molecular complexity index is 756. The van der Waals surface area contributed by atoms with Crippen LogP contribution in [0.25, 0.3) is 10.9 Å². The number of nitrogens with zero attached hydrogens (tertiary/aromatic N) is 2. The van der Waals surface area contributed by atoms with Crippen LogP contribution in [-0.4, -0.2) is 21.0 Å². The van der Waals surface area contributed by atoms with E-state index in [2.05, 4.69) is 9.97 Å². The SMILES string of the molecule is O=C(O)c1c(OCc2cscn2)cnc2ccccc12. The van der Waals surface area contributed by atoms with Crippen molar-refractivity contribution >= 4 is 28.2 Å². The molecule has 0 saturated carbocycles. The minimum Gasteiger partial charge on any atom is -0.485 e. The Balaban J connectivity index is 2.01. The molecule has 5 nitrogen and oxygen atoms in total. The van der Waals surface area contributed by atoms with Crippen LogP contribution in [0.4, 0.5) is 0 Å². The van der Waals surface area contributed by atoms with Crippen molar-refractivity contribution in [3.05, 3.63) is 52.6 Å². The number of fused-ring (bicyclic) bond motifs is 1. The van der Waals surface area contributed by atoms with Crippen molar-refractivity contribution in [2.24, 2.45) is 0 Å². The minimum atomic E-state index is -1.03. The summed E-state index contributed by atoms with van der Waals surface area (Å²) in [5.74, 6) is -0.777. The summed E-state index contributed by atoms with van der Waals surface area (Å²) >= 11 is 1.46. The third-order valence-corrected chi connectivity index (χ3v) is 3.45. The maximum atomic E-state index is 11.5. The molecule has 1 N–H and O–H groups in total. The van der Waals surface area contributed by atoms with E-state index >= 15 is 0 Å². The number of pyridine rings is 1. The molecule has 0 saturated heterocycles. The monoisotopic (exact) mass is 286 g/mol. The highest BCUT2D eigenvalue weighted by Gasteiger charge is 2.16. The standard InChI is InChI=1S/C14H10N2O3S/c17-14(18)13-10-3-1-2-4-11(10)15-5-12(13)19-6-9-7-20-8-16-9/h1-5,7-8H,6H2,(H,17,18). The van der Waals surface area contributed by atoms with Gasteiger partial charge < -0.3 is 9.84 Å². The Kier molecular flexibility index (Phi) is 3.30. The van der Waals surface area contributed by atoms with Gasteiger partial charge in [-0.3, -0.25) is 4.98 Å². The molecule has 0 unspecified atom stereocenters. The normalized spacial score (nSPS) is 10.6. The van der Waals surface area contributed by atoms with Gasteiger partial charge in [-0.2, -0.15) is 0 Å². The second-order valence-corrected chi connectivity index (χ2v) is 4.81. The predicted octanol–water partition coefficient (Wildman–Crippen LogP) is 2.97. The van der Waals surface area contributed by atoms with Gasteiger partial charge >= 0.3 is 5.97 Å². The summed E-state index contributed by atoms with van der Waals surface area (Å²) in [7, 11) is 0. The highest BCUT2D eigenvalue weighted by Crippen LogP contribution is 2.26. The van der Waals surface area contributed by atoms with Crippen LogP contribution in [0.1, 0.15) is 16.1 Å². The molecule has 0 aliphatic carbocycles. The first kappa shape index (κ1) is 12.6. The van der Waals surface area contributed by atoms with E-state index in [0.717, 1.165) is 5.69 Å². The molecule has 0 atom stereocenters. The van der Waals surface area contributed by atoms with Crippen LogP contribution in [0.15, 0.2) is 41.4 Å². The number of aromatic carboxylic acids is 1. The number of benzene rings is 1. The fourth-order valence-electron chi connectivity index (χ4n) is 1.91. The second-order valence-electron chi connectivity index (χ2n) is 4.09. The number of carbonyl (C=O) groups is 1. The first-order valence-corrected chi connectivity index (χ1v) is 6.81. The van der Waals surface area contributed by atoms with E-state index in [1.807, 2.05) is 11.4 Å². The lowest BCUT2D eigenvalue weighted by molar-refractivity contribution is 0.0694. The van der Waals surface area contributed by atoms with Crippen molar-refractivity contribution in [2.45, 2.75) is 6.61 Å². The number of ether oxygens (including phenoxy) is 1. The van der Waals surface area contributed by atoms with Crippen LogP contribution in [0.3, 0.4) is 0 Å². The third kappa shape index (κ3) is 2.33. The summed E-state index contributed by atoms with van der Waals surface area (Å²) in [4.78, 5) is 19.8. The number of hydrogen-bond donors (Lipinski definition) is 1. The lowest BCUT2D eigenvalue weighted by Gasteiger charge is -2.09. The Hall–Kier alpha value is -2.47. The Morgan fingerprint density at radius 3 is 2.90 bits per heavy atom. The number of rotatable bonds is 4. The van der Waals surface area contributed by atoms with Gasteiger partial charge in [0.1, 0.15) is 12.2 Å². The minimum absolute atomic E-state index is 0.130. The summed E-state index contributed by atoms with van der Waals surface area (Å²) in [6.45, 7) is 0.226.